The quantitative estimate of drug-likeness (QED) is 0.600. The number of hydrogen-bond acceptors (Lipinski definition) is 5. The second-order valence-electron chi connectivity index (χ2n) is 7.57. The third-order valence-corrected chi connectivity index (χ3v) is 5.52. The Hall–Kier alpha value is -3.06. The molecule has 0 radical (unpaired) electrons. The summed E-state index contributed by atoms with van der Waals surface area (Å²) in [5.41, 5.74) is 3.64. The Morgan fingerprint density at radius 3 is 2.63 bits per heavy atom. The van der Waals surface area contributed by atoms with Crippen LogP contribution in [-0.2, 0) is 22.6 Å². The lowest BCUT2D eigenvalue weighted by molar-refractivity contribution is -0.130. The van der Waals surface area contributed by atoms with E-state index in [4.69, 9.17) is 9.15 Å². The van der Waals surface area contributed by atoms with Crippen molar-refractivity contribution in [2.45, 2.75) is 25.9 Å². The zero-order valence-electron chi connectivity index (χ0n) is 17.3. The van der Waals surface area contributed by atoms with Crippen molar-refractivity contribution < 1.29 is 13.9 Å². The number of oxazole rings is 1. The van der Waals surface area contributed by atoms with Gasteiger partial charge in [-0.2, -0.15) is 0 Å². The minimum absolute atomic E-state index is 0.0626. The van der Waals surface area contributed by atoms with Crippen LogP contribution >= 0.6 is 0 Å². The number of hydrogen-bond donors (Lipinski definition) is 0. The summed E-state index contributed by atoms with van der Waals surface area (Å²) in [6.45, 7) is 4.20. The zero-order valence-corrected chi connectivity index (χ0v) is 17.3. The molecule has 0 bridgehead atoms. The summed E-state index contributed by atoms with van der Waals surface area (Å²) in [4.78, 5) is 28.8. The van der Waals surface area contributed by atoms with Crippen LogP contribution in [0.25, 0.3) is 11.1 Å². The van der Waals surface area contributed by atoms with Gasteiger partial charge in [0.2, 0.25) is 5.91 Å². The van der Waals surface area contributed by atoms with Crippen molar-refractivity contribution in [2.75, 3.05) is 38.3 Å². The van der Waals surface area contributed by atoms with Gasteiger partial charge in [0.1, 0.15) is 0 Å². The highest BCUT2D eigenvalue weighted by atomic mass is 16.5. The van der Waals surface area contributed by atoms with E-state index < -0.39 is 0 Å². The lowest BCUT2D eigenvalue weighted by Crippen LogP contribution is -2.37. The number of rotatable bonds is 7. The number of fused-ring (bicyclic) bond motifs is 1. The van der Waals surface area contributed by atoms with Crippen molar-refractivity contribution in [3.8, 4) is 0 Å². The van der Waals surface area contributed by atoms with Crippen molar-refractivity contribution >= 4 is 22.7 Å². The van der Waals surface area contributed by atoms with E-state index in [0.717, 1.165) is 43.1 Å². The first-order chi connectivity index (χ1) is 14.6. The molecule has 3 aromatic rings. The Morgan fingerprint density at radius 2 is 1.80 bits per heavy atom. The maximum atomic E-state index is 12.7. The Bertz CT molecular complexity index is 1070. The average Bonchev–Trinajstić information content (AvgIpc) is 3.10. The predicted octanol–water partition coefficient (Wildman–Crippen LogP) is 2.87. The van der Waals surface area contributed by atoms with Crippen molar-refractivity contribution in [3.63, 3.8) is 0 Å². The first-order valence-corrected chi connectivity index (χ1v) is 10.4. The van der Waals surface area contributed by atoms with Crippen LogP contribution in [0.15, 0.2) is 57.7 Å². The second-order valence-corrected chi connectivity index (χ2v) is 7.57. The molecule has 2 heterocycles. The van der Waals surface area contributed by atoms with Crippen molar-refractivity contribution in [1.82, 2.24) is 9.47 Å². The highest BCUT2D eigenvalue weighted by Crippen LogP contribution is 2.23. The van der Waals surface area contributed by atoms with Crippen LogP contribution in [0.2, 0.25) is 0 Å². The molecule has 1 aliphatic heterocycles. The monoisotopic (exact) mass is 409 g/mol. The molecule has 4 rings (SSSR count). The molecular formula is C23H27N3O4. The molecule has 0 spiro atoms. The topological polar surface area (TPSA) is 67.9 Å². The third kappa shape index (κ3) is 4.41. The highest BCUT2D eigenvalue weighted by molar-refractivity contribution is 5.76. The molecule has 7 nitrogen and oxygen atoms in total. The molecule has 0 N–H and O–H groups in total. The first-order valence-electron chi connectivity index (χ1n) is 10.4. The van der Waals surface area contributed by atoms with Gasteiger partial charge in [-0.15, -0.1) is 0 Å². The summed E-state index contributed by atoms with van der Waals surface area (Å²) >= 11 is 0. The first kappa shape index (κ1) is 20.2. The van der Waals surface area contributed by atoms with Crippen LogP contribution in [0.4, 0.5) is 5.69 Å². The Kier molecular flexibility index (Phi) is 6.18. The lowest BCUT2D eigenvalue weighted by Gasteiger charge is -2.31. The standard InChI is InChI=1S/C23H27N3O4/c1-24(17-18-7-2-3-8-19(18)25-13-15-29-16-14-25)22(27)11-6-12-26-20-9-4-5-10-21(20)30-23(26)28/h2-5,7-10H,6,11-17H2,1H3. The molecule has 0 unspecified atom stereocenters. The number of aromatic nitrogens is 1. The van der Waals surface area contributed by atoms with Gasteiger partial charge >= 0.3 is 5.76 Å². The molecule has 0 aliphatic carbocycles. The van der Waals surface area contributed by atoms with E-state index in [9.17, 15) is 9.59 Å². The van der Waals surface area contributed by atoms with E-state index in [1.807, 2.05) is 37.4 Å². The SMILES string of the molecule is CN(Cc1ccccc1N1CCOCC1)C(=O)CCCn1c(=O)oc2ccccc21. The fraction of sp³-hybridized carbons (Fsp3) is 0.391. The molecule has 1 aliphatic rings. The molecule has 1 saturated heterocycles. The highest BCUT2D eigenvalue weighted by Gasteiger charge is 2.17. The van der Waals surface area contributed by atoms with Gasteiger partial charge in [-0.1, -0.05) is 30.3 Å². The summed E-state index contributed by atoms with van der Waals surface area (Å²) in [5, 5.41) is 0. The maximum Gasteiger partial charge on any atom is 0.419 e. The molecule has 2 aromatic carbocycles. The van der Waals surface area contributed by atoms with Gasteiger partial charge in [-0.25, -0.2) is 4.79 Å². The van der Waals surface area contributed by atoms with Crippen molar-refractivity contribution in [1.29, 1.82) is 0 Å². The average molecular weight is 409 g/mol. The Balaban J connectivity index is 1.35. The molecule has 0 atom stereocenters. The fourth-order valence-corrected chi connectivity index (χ4v) is 3.91. The summed E-state index contributed by atoms with van der Waals surface area (Å²) in [5.74, 6) is -0.316. The normalized spacial score (nSPS) is 14.2. The van der Waals surface area contributed by atoms with Crippen LogP contribution in [0, 0.1) is 0 Å². The van der Waals surface area contributed by atoms with Crippen LogP contribution in [0.1, 0.15) is 18.4 Å². The van der Waals surface area contributed by atoms with E-state index in [1.165, 1.54) is 0 Å². The second kappa shape index (κ2) is 9.17. The van der Waals surface area contributed by atoms with Gasteiger partial charge in [0.15, 0.2) is 5.58 Å². The van der Waals surface area contributed by atoms with Gasteiger partial charge < -0.3 is 19.0 Å². The lowest BCUT2D eigenvalue weighted by atomic mass is 10.1. The Labute approximate surface area is 175 Å². The molecule has 1 amide bonds. The third-order valence-electron chi connectivity index (χ3n) is 5.52. The van der Waals surface area contributed by atoms with Gasteiger partial charge in [0.25, 0.3) is 0 Å². The number of anilines is 1. The van der Waals surface area contributed by atoms with E-state index >= 15 is 0 Å². The molecule has 158 valence electrons. The minimum Gasteiger partial charge on any atom is -0.408 e. The van der Waals surface area contributed by atoms with E-state index in [1.54, 1.807) is 15.5 Å². The fourth-order valence-electron chi connectivity index (χ4n) is 3.91. The summed E-state index contributed by atoms with van der Waals surface area (Å²) in [6.07, 6.45) is 0.958. The van der Waals surface area contributed by atoms with Crippen LogP contribution in [-0.4, -0.2) is 48.7 Å². The maximum absolute atomic E-state index is 12.7. The summed E-state index contributed by atoms with van der Waals surface area (Å²) in [7, 11) is 1.83. The minimum atomic E-state index is -0.378. The number of carbonyl (C=O) groups is 1. The molecule has 7 heteroatoms. The van der Waals surface area contributed by atoms with Crippen LogP contribution < -0.4 is 10.7 Å². The smallest absolute Gasteiger partial charge is 0.408 e. The molecule has 1 fully saturated rings. The van der Waals surface area contributed by atoms with Gasteiger partial charge in [0.05, 0.1) is 18.7 Å². The van der Waals surface area contributed by atoms with Gasteiger partial charge in [-0.3, -0.25) is 9.36 Å². The number of amides is 1. The number of aryl methyl sites for hydroxylation is 1. The number of benzene rings is 2. The van der Waals surface area contributed by atoms with Gasteiger partial charge in [-0.05, 0) is 30.2 Å². The van der Waals surface area contributed by atoms with Crippen LogP contribution in [0.5, 0.6) is 0 Å². The van der Waals surface area contributed by atoms with E-state index in [-0.39, 0.29) is 11.7 Å². The van der Waals surface area contributed by atoms with Gasteiger partial charge in [0, 0.05) is 45.3 Å². The largest absolute Gasteiger partial charge is 0.419 e. The summed E-state index contributed by atoms with van der Waals surface area (Å²) < 4.78 is 12.3. The van der Waals surface area contributed by atoms with E-state index in [0.29, 0.717) is 31.5 Å². The van der Waals surface area contributed by atoms with E-state index in [2.05, 4.69) is 17.0 Å². The summed E-state index contributed by atoms with van der Waals surface area (Å²) in [6, 6.07) is 15.6. The van der Waals surface area contributed by atoms with Crippen molar-refractivity contribution in [2.24, 2.45) is 0 Å². The van der Waals surface area contributed by atoms with Crippen molar-refractivity contribution in [3.05, 3.63) is 64.6 Å². The number of para-hydroxylation sites is 3. The molecule has 0 saturated carbocycles. The molecule has 30 heavy (non-hydrogen) atoms. The molecule has 1 aromatic heterocycles. The predicted molar refractivity (Wildman–Crippen MR) is 116 cm³/mol. The number of nitrogens with zero attached hydrogens (tertiary/aromatic N) is 3. The Morgan fingerprint density at radius 1 is 1.07 bits per heavy atom. The zero-order chi connectivity index (χ0) is 20.9. The number of ether oxygens (including phenoxy) is 1. The molecular weight excluding hydrogens is 382 g/mol. The number of morpholine rings is 1. The number of carbonyl (C=O) groups excluding carboxylic acids is 1. The van der Waals surface area contributed by atoms with Crippen LogP contribution in [0.3, 0.4) is 0 Å².